The molecule has 1 fully saturated rings. The first-order valence-corrected chi connectivity index (χ1v) is 18.7. The second-order valence-electron chi connectivity index (χ2n) is 12.9. The van der Waals surface area contributed by atoms with Crippen LogP contribution in [-0.2, 0) is 33.4 Å². The van der Waals surface area contributed by atoms with Crippen LogP contribution in [0.15, 0.2) is 30.3 Å². The molecular weight excluding hydrogens is 712 g/mol. The number of carbonyl (C=O) groups excluding carboxylic acids is 5. The van der Waals surface area contributed by atoms with Gasteiger partial charge in [-0.2, -0.15) is 5.26 Å². The molecule has 1 aromatic heterocycles. The molecule has 1 aliphatic rings. The van der Waals surface area contributed by atoms with Crippen molar-refractivity contribution in [2.24, 2.45) is 0 Å². The fourth-order valence-corrected chi connectivity index (χ4v) is 5.55. The van der Waals surface area contributed by atoms with Crippen LogP contribution in [0.4, 0.5) is 5.69 Å². The molecule has 55 heavy (non-hydrogen) atoms. The molecule has 2 heterocycles. The number of nitriles is 1. The van der Waals surface area contributed by atoms with Gasteiger partial charge in [-0.15, -0.1) is 0 Å². The molecule has 0 aliphatic carbocycles. The Hall–Kier alpha value is -5.02. The highest BCUT2D eigenvalue weighted by Gasteiger charge is 2.24. The van der Waals surface area contributed by atoms with Crippen LogP contribution in [0, 0.1) is 11.3 Å². The van der Waals surface area contributed by atoms with E-state index >= 15 is 0 Å². The Kier molecular flexibility index (Phi) is 20.3. The Morgan fingerprint density at radius 2 is 1.56 bits per heavy atom. The second-order valence-corrected chi connectivity index (χ2v) is 12.9. The molecule has 0 saturated carbocycles. The minimum Gasteiger partial charge on any atom is -0.484 e. The fourth-order valence-electron chi connectivity index (χ4n) is 5.55. The van der Waals surface area contributed by atoms with Gasteiger partial charge in [0.25, 0.3) is 11.8 Å². The van der Waals surface area contributed by atoms with Gasteiger partial charge >= 0.3 is 0 Å². The predicted octanol–water partition coefficient (Wildman–Crippen LogP) is 1.26. The molecule has 0 spiro atoms. The Balaban J connectivity index is 1.26. The van der Waals surface area contributed by atoms with Crippen molar-refractivity contribution in [3.8, 4) is 23.1 Å². The van der Waals surface area contributed by atoms with E-state index in [1.165, 1.54) is 4.90 Å². The number of piperazine rings is 1. The third-order valence-corrected chi connectivity index (χ3v) is 8.63. The summed E-state index contributed by atoms with van der Waals surface area (Å²) in [4.78, 5) is 71.8. The number of anilines is 1. The van der Waals surface area contributed by atoms with Crippen LogP contribution in [0.3, 0.4) is 0 Å². The van der Waals surface area contributed by atoms with Crippen LogP contribution in [0.2, 0.25) is 0 Å². The molecule has 0 bridgehead atoms. The zero-order valence-corrected chi connectivity index (χ0v) is 32.3. The van der Waals surface area contributed by atoms with Crippen molar-refractivity contribution >= 4 is 35.7 Å². The van der Waals surface area contributed by atoms with E-state index in [0.29, 0.717) is 121 Å². The lowest BCUT2D eigenvalue weighted by molar-refractivity contribution is -0.135. The number of ether oxygens (including phenoxy) is 4. The SMILES string of the molecule is CCCN(C)C(=O)c1[nH]c(-c2ccc(OCC(=O)NCC(=O)N3CCN(CC(=O)NCCCOCCOCCOCCCC#N)CC3)cc2)cc1N(C)C=O. The fraction of sp³-hybridized carbons (Fsp3) is 0.579. The average molecular weight is 769 g/mol. The summed E-state index contributed by atoms with van der Waals surface area (Å²) in [6.45, 7) is 7.81. The summed E-state index contributed by atoms with van der Waals surface area (Å²) in [5.41, 5.74) is 2.17. The van der Waals surface area contributed by atoms with Gasteiger partial charge in [-0.1, -0.05) is 6.92 Å². The maximum absolute atomic E-state index is 13.0. The third-order valence-electron chi connectivity index (χ3n) is 8.63. The second kappa shape index (κ2) is 25.1. The number of H-pyrrole nitrogens is 1. The summed E-state index contributed by atoms with van der Waals surface area (Å²) < 4.78 is 21.9. The smallest absolute Gasteiger partial charge is 0.272 e. The largest absolute Gasteiger partial charge is 0.484 e. The molecule has 0 unspecified atom stereocenters. The average Bonchev–Trinajstić information content (AvgIpc) is 3.65. The van der Waals surface area contributed by atoms with Crippen molar-refractivity contribution in [3.63, 3.8) is 0 Å². The normalized spacial score (nSPS) is 12.8. The molecule has 1 aromatic carbocycles. The van der Waals surface area contributed by atoms with E-state index < -0.39 is 5.91 Å². The van der Waals surface area contributed by atoms with Crippen LogP contribution in [-0.4, -0.2) is 162 Å². The number of hydrogen-bond donors (Lipinski definition) is 3. The highest BCUT2D eigenvalue weighted by atomic mass is 16.5. The van der Waals surface area contributed by atoms with E-state index in [0.717, 1.165) is 18.4 Å². The third kappa shape index (κ3) is 16.1. The summed E-state index contributed by atoms with van der Waals surface area (Å²) in [5, 5.41) is 14.0. The van der Waals surface area contributed by atoms with Crippen LogP contribution in [0.25, 0.3) is 11.3 Å². The Labute approximate surface area is 323 Å². The van der Waals surface area contributed by atoms with Crippen molar-refractivity contribution in [2.75, 3.05) is 118 Å². The maximum atomic E-state index is 13.0. The van der Waals surface area contributed by atoms with E-state index in [4.69, 9.17) is 24.2 Å². The Bertz CT molecular complexity index is 1540. The van der Waals surface area contributed by atoms with Gasteiger partial charge in [0.1, 0.15) is 11.4 Å². The molecule has 3 N–H and O–H groups in total. The minimum atomic E-state index is -0.442. The van der Waals surface area contributed by atoms with Crippen LogP contribution in [0.1, 0.15) is 43.1 Å². The van der Waals surface area contributed by atoms with Gasteiger partial charge in [0.05, 0.1) is 51.3 Å². The summed E-state index contributed by atoms with van der Waals surface area (Å²) in [6.07, 6.45) is 3.34. The quantitative estimate of drug-likeness (QED) is 0.0920. The van der Waals surface area contributed by atoms with Crippen molar-refractivity contribution in [2.45, 2.75) is 32.6 Å². The molecule has 1 saturated heterocycles. The van der Waals surface area contributed by atoms with Crippen molar-refractivity contribution < 1.29 is 42.9 Å². The summed E-state index contributed by atoms with van der Waals surface area (Å²) in [7, 11) is 3.30. The lowest BCUT2D eigenvalue weighted by Gasteiger charge is -2.34. The first-order chi connectivity index (χ1) is 26.7. The predicted molar refractivity (Wildman–Crippen MR) is 204 cm³/mol. The Morgan fingerprint density at radius 1 is 0.909 bits per heavy atom. The van der Waals surface area contributed by atoms with E-state index in [1.54, 1.807) is 54.2 Å². The van der Waals surface area contributed by atoms with Gasteiger partial charge in [0.2, 0.25) is 18.2 Å². The van der Waals surface area contributed by atoms with Crippen LogP contribution < -0.4 is 20.3 Å². The first-order valence-electron chi connectivity index (χ1n) is 18.7. The van der Waals surface area contributed by atoms with Crippen LogP contribution in [0.5, 0.6) is 5.75 Å². The van der Waals surface area contributed by atoms with Crippen molar-refractivity contribution in [1.29, 1.82) is 5.26 Å². The van der Waals surface area contributed by atoms with E-state index in [2.05, 4.69) is 21.7 Å². The zero-order valence-electron chi connectivity index (χ0n) is 32.3. The standard InChI is InChI=1S/C38H56N8O9/c1-4-14-43(2)38(51)37-33(44(3)29-47)25-32(42-37)30-8-10-31(11-9-30)55-28-35(49)41-26-36(50)46-17-15-45(16-18-46)27-34(48)40-13-7-20-53-22-24-54-23-21-52-19-6-5-12-39/h8-11,25,29,42H,4-7,13-24,26-28H2,1-3H3,(H,40,48)(H,41,49). The van der Waals surface area contributed by atoms with Crippen molar-refractivity contribution in [3.05, 3.63) is 36.0 Å². The molecule has 1 aliphatic heterocycles. The number of nitrogens with one attached hydrogen (secondary N) is 3. The maximum Gasteiger partial charge on any atom is 0.272 e. The first kappa shape index (κ1) is 44.4. The monoisotopic (exact) mass is 768 g/mol. The molecule has 5 amide bonds. The van der Waals surface area contributed by atoms with Gasteiger partial charge in [0, 0.05) is 78.7 Å². The van der Waals surface area contributed by atoms with Gasteiger partial charge in [-0.05, 0) is 55.2 Å². The summed E-state index contributed by atoms with van der Waals surface area (Å²) >= 11 is 0. The van der Waals surface area contributed by atoms with Gasteiger partial charge in [0.15, 0.2) is 6.61 Å². The number of aromatic amines is 1. The molecule has 302 valence electrons. The molecular formula is C38H56N8O9. The lowest BCUT2D eigenvalue weighted by atomic mass is 10.1. The zero-order chi connectivity index (χ0) is 39.8. The number of aromatic nitrogens is 1. The van der Waals surface area contributed by atoms with Crippen LogP contribution >= 0.6 is 0 Å². The highest BCUT2D eigenvalue weighted by molar-refractivity contribution is 6.01. The lowest BCUT2D eigenvalue weighted by Crippen LogP contribution is -2.53. The van der Waals surface area contributed by atoms with Gasteiger partial charge in [-0.25, -0.2) is 0 Å². The number of unbranched alkanes of at least 4 members (excludes halogenated alkanes) is 1. The molecule has 0 radical (unpaired) electrons. The molecule has 0 atom stereocenters. The molecule has 2 aromatic rings. The molecule has 17 heteroatoms. The summed E-state index contributed by atoms with van der Waals surface area (Å²) in [5.74, 6) is -0.518. The number of benzene rings is 1. The van der Waals surface area contributed by atoms with E-state index in [1.807, 2.05) is 11.8 Å². The minimum absolute atomic E-state index is 0.0860. The highest BCUT2D eigenvalue weighted by Crippen LogP contribution is 2.29. The summed E-state index contributed by atoms with van der Waals surface area (Å²) in [6, 6.07) is 10.7. The molecule has 3 rings (SSSR count). The van der Waals surface area contributed by atoms with E-state index in [9.17, 15) is 24.0 Å². The Morgan fingerprint density at radius 3 is 2.20 bits per heavy atom. The number of carbonyl (C=O) groups is 5. The topological polar surface area (TPSA) is 199 Å². The van der Waals surface area contributed by atoms with E-state index in [-0.39, 0.29) is 37.4 Å². The number of rotatable bonds is 26. The number of amides is 5. The molecule has 17 nitrogen and oxygen atoms in total. The number of hydrogen-bond acceptors (Lipinski definition) is 11. The van der Waals surface area contributed by atoms with Gasteiger partial charge in [-0.3, -0.25) is 28.9 Å². The van der Waals surface area contributed by atoms with Crippen molar-refractivity contribution in [1.82, 2.24) is 30.3 Å². The number of nitrogens with zero attached hydrogens (tertiary/aromatic N) is 5. The van der Waals surface area contributed by atoms with Gasteiger partial charge < -0.3 is 49.3 Å².